The minimum atomic E-state index is -3.71. The van der Waals surface area contributed by atoms with Gasteiger partial charge < -0.3 is 10.2 Å². The van der Waals surface area contributed by atoms with Gasteiger partial charge in [0.15, 0.2) is 0 Å². The van der Waals surface area contributed by atoms with Gasteiger partial charge in [0.25, 0.3) is 15.9 Å². The quantitative estimate of drug-likeness (QED) is 0.800. The number of pyridine rings is 1. The number of nitrogens with one attached hydrogen (secondary N) is 1. The van der Waals surface area contributed by atoms with Crippen molar-refractivity contribution >= 4 is 21.6 Å². The fourth-order valence-electron chi connectivity index (χ4n) is 2.11. The van der Waals surface area contributed by atoms with Crippen LogP contribution in [0, 0.1) is 0 Å². The predicted octanol–water partition coefficient (Wildman–Crippen LogP) is 1.20. The molecule has 0 radical (unpaired) electrons. The Hall–Kier alpha value is -2.45. The van der Waals surface area contributed by atoms with Gasteiger partial charge in [-0.3, -0.25) is 14.1 Å². The van der Waals surface area contributed by atoms with Crippen LogP contribution in [-0.2, 0) is 10.0 Å². The van der Waals surface area contributed by atoms with Crippen LogP contribution in [0.2, 0.25) is 0 Å². The molecule has 7 nitrogen and oxygen atoms in total. The van der Waals surface area contributed by atoms with Crippen LogP contribution >= 0.6 is 0 Å². The number of carbonyl (C=O) groups excluding carboxylic acids is 1. The molecule has 8 heteroatoms. The number of anilines is 1. The second-order valence-corrected chi connectivity index (χ2v) is 7.75. The molecular formula is C17H22N4O3S. The van der Waals surface area contributed by atoms with Crippen molar-refractivity contribution in [1.82, 2.24) is 15.2 Å². The van der Waals surface area contributed by atoms with Crippen LogP contribution < -0.4 is 9.62 Å². The lowest BCUT2D eigenvalue weighted by atomic mass is 10.2. The van der Waals surface area contributed by atoms with E-state index in [1.807, 2.05) is 19.0 Å². The van der Waals surface area contributed by atoms with Crippen molar-refractivity contribution in [3.8, 4) is 0 Å². The maximum Gasteiger partial charge on any atom is 0.264 e. The summed E-state index contributed by atoms with van der Waals surface area (Å²) in [5, 5.41) is 2.78. The highest BCUT2D eigenvalue weighted by Crippen LogP contribution is 2.21. The minimum absolute atomic E-state index is 0.179. The normalized spacial score (nSPS) is 11.4. The second-order valence-electron chi connectivity index (χ2n) is 5.78. The summed E-state index contributed by atoms with van der Waals surface area (Å²) in [6.07, 6.45) is 2.83. The van der Waals surface area contributed by atoms with E-state index in [-0.39, 0.29) is 10.8 Å². The summed E-state index contributed by atoms with van der Waals surface area (Å²) in [5.74, 6) is -0.290. The Morgan fingerprint density at radius 1 is 1.12 bits per heavy atom. The highest BCUT2D eigenvalue weighted by molar-refractivity contribution is 7.92. The monoisotopic (exact) mass is 362 g/mol. The van der Waals surface area contributed by atoms with Gasteiger partial charge in [-0.05, 0) is 32.3 Å². The van der Waals surface area contributed by atoms with Crippen LogP contribution in [0.4, 0.5) is 5.69 Å². The van der Waals surface area contributed by atoms with E-state index in [4.69, 9.17) is 0 Å². The molecule has 1 heterocycles. The van der Waals surface area contributed by atoms with Gasteiger partial charge in [0.2, 0.25) is 0 Å². The summed E-state index contributed by atoms with van der Waals surface area (Å²) in [7, 11) is 1.56. The maximum atomic E-state index is 12.7. The van der Waals surface area contributed by atoms with Gasteiger partial charge >= 0.3 is 0 Å². The number of aromatic nitrogens is 1. The Labute approximate surface area is 148 Å². The van der Waals surface area contributed by atoms with E-state index < -0.39 is 10.0 Å². The molecule has 1 aromatic heterocycles. The number of benzene rings is 1. The van der Waals surface area contributed by atoms with Gasteiger partial charge in [-0.1, -0.05) is 18.2 Å². The van der Waals surface area contributed by atoms with Crippen LogP contribution in [0.25, 0.3) is 0 Å². The molecule has 0 bridgehead atoms. The Bertz CT molecular complexity index is 823. The van der Waals surface area contributed by atoms with Gasteiger partial charge in [-0.15, -0.1) is 0 Å². The Morgan fingerprint density at radius 2 is 1.80 bits per heavy atom. The SMILES string of the molecule is CN(C)CCNC(=O)c1cncc(N(C)S(=O)(=O)c2ccccc2)c1. The summed E-state index contributed by atoms with van der Waals surface area (Å²) in [5.41, 5.74) is 0.635. The van der Waals surface area contributed by atoms with Crippen LogP contribution in [0.15, 0.2) is 53.7 Å². The molecule has 25 heavy (non-hydrogen) atoms. The van der Waals surface area contributed by atoms with E-state index in [9.17, 15) is 13.2 Å². The lowest BCUT2D eigenvalue weighted by molar-refractivity contribution is 0.0950. The van der Waals surface area contributed by atoms with E-state index in [2.05, 4.69) is 10.3 Å². The van der Waals surface area contributed by atoms with Crippen molar-refractivity contribution < 1.29 is 13.2 Å². The third-order valence-corrected chi connectivity index (χ3v) is 5.40. The zero-order chi connectivity index (χ0) is 18.4. The van der Waals surface area contributed by atoms with Gasteiger partial charge in [0.1, 0.15) is 0 Å². The summed E-state index contributed by atoms with van der Waals surface area (Å²) >= 11 is 0. The third-order valence-electron chi connectivity index (χ3n) is 3.60. The van der Waals surface area contributed by atoms with E-state index in [0.717, 1.165) is 4.31 Å². The molecule has 0 saturated heterocycles. The molecule has 0 saturated carbocycles. The van der Waals surface area contributed by atoms with Crippen LogP contribution in [0.3, 0.4) is 0 Å². The Balaban J connectivity index is 2.19. The van der Waals surface area contributed by atoms with Crippen molar-refractivity contribution in [3.05, 3.63) is 54.4 Å². The second kappa shape index (κ2) is 8.09. The number of carbonyl (C=O) groups is 1. The number of sulfonamides is 1. The Kier molecular flexibility index (Phi) is 6.11. The number of likely N-dealkylation sites (N-methyl/N-ethyl adjacent to an activating group) is 1. The largest absolute Gasteiger partial charge is 0.351 e. The van der Waals surface area contributed by atoms with Gasteiger partial charge in [-0.25, -0.2) is 8.42 Å². The molecule has 2 rings (SSSR count). The summed E-state index contributed by atoms with van der Waals surface area (Å²) < 4.78 is 26.4. The summed E-state index contributed by atoms with van der Waals surface area (Å²) in [6, 6.07) is 9.63. The average Bonchev–Trinajstić information content (AvgIpc) is 2.61. The molecule has 1 N–H and O–H groups in total. The molecule has 1 amide bonds. The maximum absolute atomic E-state index is 12.7. The molecule has 2 aromatic rings. The van der Waals surface area contributed by atoms with E-state index in [1.54, 1.807) is 18.2 Å². The molecule has 0 aliphatic rings. The molecule has 0 unspecified atom stereocenters. The van der Waals surface area contributed by atoms with Crippen LogP contribution in [-0.4, -0.2) is 58.4 Å². The summed E-state index contributed by atoms with van der Waals surface area (Å²) in [6.45, 7) is 1.20. The highest BCUT2D eigenvalue weighted by Gasteiger charge is 2.22. The smallest absolute Gasteiger partial charge is 0.264 e. The number of hydrogen-bond acceptors (Lipinski definition) is 5. The van der Waals surface area contributed by atoms with Crippen LogP contribution in [0.5, 0.6) is 0 Å². The molecule has 134 valence electrons. The number of hydrogen-bond donors (Lipinski definition) is 1. The third kappa shape index (κ3) is 4.77. The zero-order valence-electron chi connectivity index (χ0n) is 14.5. The van der Waals surface area contributed by atoms with Gasteiger partial charge in [-0.2, -0.15) is 0 Å². The topological polar surface area (TPSA) is 82.6 Å². The van der Waals surface area contributed by atoms with Crippen molar-refractivity contribution in [2.45, 2.75) is 4.90 Å². The lowest BCUT2D eigenvalue weighted by Crippen LogP contribution is -2.32. The van der Waals surface area contributed by atoms with Crippen molar-refractivity contribution in [1.29, 1.82) is 0 Å². The van der Waals surface area contributed by atoms with Crippen LogP contribution in [0.1, 0.15) is 10.4 Å². The van der Waals surface area contributed by atoms with E-state index >= 15 is 0 Å². The number of nitrogens with zero attached hydrogens (tertiary/aromatic N) is 3. The first-order valence-electron chi connectivity index (χ1n) is 7.74. The molecule has 1 aromatic carbocycles. The van der Waals surface area contributed by atoms with Crippen molar-refractivity contribution in [2.75, 3.05) is 38.5 Å². The standard InChI is InChI=1S/C17H22N4O3S/c1-20(2)10-9-19-17(22)14-11-15(13-18-12-14)21(3)25(23,24)16-7-5-4-6-8-16/h4-8,11-13H,9-10H2,1-3H3,(H,19,22). The lowest BCUT2D eigenvalue weighted by Gasteiger charge is -2.19. The average molecular weight is 362 g/mol. The molecular weight excluding hydrogens is 340 g/mol. The Morgan fingerprint density at radius 3 is 2.44 bits per heavy atom. The molecule has 0 spiro atoms. The van der Waals surface area contributed by atoms with Crippen molar-refractivity contribution in [3.63, 3.8) is 0 Å². The van der Waals surface area contributed by atoms with E-state index in [0.29, 0.717) is 24.3 Å². The first-order chi connectivity index (χ1) is 11.8. The first kappa shape index (κ1) is 18.9. The van der Waals surface area contributed by atoms with Gasteiger partial charge in [0, 0.05) is 26.3 Å². The van der Waals surface area contributed by atoms with Gasteiger partial charge in [0.05, 0.1) is 22.3 Å². The molecule has 0 atom stereocenters. The summed E-state index contributed by atoms with van der Waals surface area (Å²) in [4.78, 5) is 18.3. The fraction of sp³-hybridized carbons (Fsp3) is 0.294. The van der Waals surface area contributed by atoms with Crippen molar-refractivity contribution in [2.24, 2.45) is 0 Å². The zero-order valence-corrected chi connectivity index (χ0v) is 15.3. The first-order valence-corrected chi connectivity index (χ1v) is 9.18. The molecule has 0 aliphatic carbocycles. The number of rotatable bonds is 7. The molecule has 0 aliphatic heterocycles. The van der Waals surface area contributed by atoms with E-state index in [1.165, 1.54) is 37.6 Å². The minimum Gasteiger partial charge on any atom is -0.351 e. The predicted molar refractivity (Wildman–Crippen MR) is 97.2 cm³/mol. The number of amides is 1. The highest BCUT2D eigenvalue weighted by atomic mass is 32.2. The molecule has 0 fully saturated rings. The fourth-order valence-corrected chi connectivity index (χ4v) is 3.30.